The molecule has 0 bridgehead atoms. The van der Waals surface area contributed by atoms with Crippen LogP contribution in [0, 0.1) is 0 Å². The Bertz CT molecular complexity index is 1110. The van der Waals surface area contributed by atoms with Crippen LogP contribution in [0.15, 0.2) is 53.1 Å². The highest BCUT2D eigenvalue weighted by atomic mass is 79.9. The number of pyridine rings is 2. The number of alkyl halides is 3. The zero-order valence-electron chi connectivity index (χ0n) is 17.6. The minimum atomic E-state index is -4.36. The van der Waals surface area contributed by atoms with Gasteiger partial charge in [-0.15, -0.1) is 0 Å². The molecule has 2 aliphatic heterocycles. The molecule has 2 N–H and O–H groups in total. The van der Waals surface area contributed by atoms with Crippen molar-refractivity contribution in [2.75, 3.05) is 36.9 Å². The van der Waals surface area contributed by atoms with E-state index in [-0.39, 0.29) is 0 Å². The normalized spacial score (nSPS) is 14.9. The van der Waals surface area contributed by atoms with Crippen molar-refractivity contribution in [3.8, 4) is 22.8 Å². The molecule has 0 saturated heterocycles. The Morgan fingerprint density at radius 2 is 1.45 bits per heavy atom. The fourth-order valence-corrected chi connectivity index (χ4v) is 3.60. The second-order valence-electron chi connectivity index (χ2n) is 7.36. The lowest BCUT2D eigenvalue weighted by molar-refractivity contribution is -0.137. The highest BCUT2D eigenvalue weighted by molar-refractivity contribution is 9.10. The highest BCUT2D eigenvalue weighted by Crippen LogP contribution is 2.33. The van der Waals surface area contributed by atoms with E-state index in [0.29, 0.717) is 29.4 Å². The third-order valence-corrected chi connectivity index (χ3v) is 5.35. The number of anilines is 2. The zero-order valence-corrected chi connectivity index (χ0v) is 19.2. The van der Waals surface area contributed by atoms with Gasteiger partial charge in [-0.3, -0.25) is 0 Å². The molecule has 6 nitrogen and oxygen atoms in total. The standard InChI is InChI=1S/C15H13F3N2O.C8H9BrN2O/c16-15(17,18)11-4-1-3-10(9-11)12-5-6-13-14(20-12)19-7-2-8-21-13;9-7-3-2-6-8(11-7)10-4-1-5-12-6/h1,3-6,9H,2,7-8H2,(H,19,20);2-3H,1,4-5H2,(H,10,11). The Labute approximate surface area is 197 Å². The molecule has 5 rings (SSSR count). The van der Waals surface area contributed by atoms with Crippen molar-refractivity contribution < 1.29 is 22.6 Å². The molecule has 0 radical (unpaired) electrons. The van der Waals surface area contributed by atoms with Crippen LogP contribution in [0.25, 0.3) is 11.3 Å². The van der Waals surface area contributed by atoms with Crippen LogP contribution in [-0.2, 0) is 6.18 Å². The minimum Gasteiger partial charge on any atom is -0.490 e. The van der Waals surface area contributed by atoms with Gasteiger partial charge in [0.05, 0.1) is 24.5 Å². The monoisotopic (exact) mass is 522 g/mol. The molecular formula is C23H22BrF3N4O2. The van der Waals surface area contributed by atoms with Gasteiger partial charge in [0.25, 0.3) is 0 Å². The van der Waals surface area contributed by atoms with Gasteiger partial charge < -0.3 is 20.1 Å². The maximum atomic E-state index is 12.8. The van der Waals surface area contributed by atoms with E-state index < -0.39 is 11.7 Å². The van der Waals surface area contributed by atoms with Crippen LogP contribution in [0.4, 0.5) is 24.8 Å². The fourth-order valence-electron chi connectivity index (χ4n) is 3.29. The Hall–Kier alpha value is -3.01. The van der Waals surface area contributed by atoms with E-state index >= 15 is 0 Å². The fraction of sp³-hybridized carbons (Fsp3) is 0.304. The molecule has 0 unspecified atom stereocenters. The average molecular weight is 523 g/mol. The van der Waals surface area contributed by atoms with E-state index in [0.717, 1.165) is 60.8 Å². The molecule has 0 spiro atoms. The number of benzene rings is 1. The van der Waals surface area contributed by atoms with Crippen molar-refractivity contribution in [3.05, 3.63) is 58.7 Å². The second kappa shape index (κ2) is 10.3. The molecular weight excluding hydrogens is 501 g/mol. The molecule has 33 heavy (non-hydrogen) atoms. The molecule has 2 aromatic heterocycles. The van der Waals surface area contributed by atoms with Gasteiger partial charge in [-0.2, -0.15) is 13.2 Å². The Balaban J connectivity index is 0.000000183. The Kier molecular flexibility index (Phi) is 7.22. The molecule has 0 fully saturated rings. The number of ether oxygens (including phenoxy) is 2. The van der Waals surface area contributed by atoms with Gasteiger partial charge in [0.15, 0.2) is 23.1 Å². The Morgan fingerprint density at radius 3 is 2.12 bits per heavy atom. The predicted octanol–water partition coefficient (Wildman–Crippen LogP) is 6.00. The number of rotatable bonds is 1. The van der Waals surface area contributed by atoms with Crippen molar-refractivity contribution in [2.45, 2.75) is 19.0 Å². The molecule has 1 aromatic carbocycles. The van der Waals surface area contributed by atoms with Crippen LogP contribution in [0.3, 0.4) is 0 Å². The molecule has 2 aliphatic rings. The van der Waals surface area contributed by atoms with Gasteiger partial charge in [-0.05, 0) is 65.2 Å². The van der Waals surface area contributed by atoms with E-state index in [1.54, 1.807) is 18.2 Å². The van der Waals surface area contributed by atoms with E-state index in [2.05, 4.69) is 36.5 Å². The van der Waals surface area contributed by atoms with Crippen molar-refractivity contribution in [1.82, 2.24) is 9.97 Å². The first-order valence-corrected chi connectivity index (χ1v) is 11.3. The largest absolute Gasteiger partial charge is 0.490 e. The number of halogens is 4. The summed E-state index contributed by atoms with van der Waals surface area (Å²) in [6.45, 7) is 3.02. The lowest BCUT2D eigenvalue weighted by atomic mass is 10.1. The summed E-state index contributed by atoms with van der Waals surface area (Å²) in [6, 6.07) is 12.4. The number of fused-ring (bicyclic) bond motifs is 2. The summed E-state index contributed by atoms with van der Waals surface area (Å²) < 4.78 is 50.1. The van der Waals surface area contributed by atoms with Crippen LogP contribution in [0.5, 0.6) is 11.5 Å². The summed E-state index contributed by atoms with van der Waals surface area (Å²) in [6.07, 6.45) is -2.48. The molecule has 0 aliphatic carbocycles. The van der Waals surface area contributed by atoms with E-state index in [1.165, 1.54) is 6.07 Å². The summed E-state index contributed by atoms with van der Waals surface area (Å²) in [7, 11) is 0. The number of hydrogen-bond acceptors (Lipinski definition) is 6. The third kappa shape index (κ3) is 6.07. The molecule has 10 heteroatoms. The van der Waals surface area contributed by atoms with Crippen LogP contribution >= 0.6 is 15.9 Å². The number of hydrogen-bond donors (Lipinski definition) is 2. The van der Waals surface area contributed by atoms with E-state index in [1.807, 2.05) is 12.1 Å². The lowest BCUT2D eigenvalue weighted by Crippen LogP contribution is -2.05. The zero-order chi connectivity index (χ0) is 23.3. The first-order valence-electron chi connectivity index (χ1n) is 10.5. The summed E-state index contributed by atoms with van der Waals surface area (Å²) >= 11 is 3.31. The molecule has 0 atom stereocenters. The highest BCUT2D eigenvalue weighted by Gasteiger charge is 2.30. The van der Waals surface area contributed by atoms with Crippen LogP contribution < -0.4 is 20.1 Å². The van der Waals surface area contributed by atoms with Crippen LogP contribution in [-0.4, -0.2) is 36.3 Å². The van der Waals surface area contributed by atoms with Gasteiger partial charge in [-0.1, -0.05) is 12.1 Å². The summed E-state index contributed by atoms with van der Waals surface area (Å²) in [4.78, 5) is 8.62. The van der Waals surface area contributed by atoms with Crippen molar-refractivity contribution >= 4 is 27.6 Å². The summed E-state index contributed by atoms with van der Waals surface area (Å²) in [5.41, 5.74) is 0.234. The predicted molar refractivity (Wildman–Crippen MR) is 124 cm³/mol. The van der Waals surface area contributed by atoms with E-state index in [9.17, 15) is 13.2 Å². The molecule has 4 heterocycles. The topological polar surface area (TPSA) is 68.3 Å². The van der Waals surface area contributed by atoms with E-state index in [4.69, 9.17) is 9.47 Å². The number of nitrogens with one attached hydrogen (secondary N) is 2. The molecule has 3 aromatic rings. The summed E-state index contributed by atoms with van der Waals surface area (Å²) in [5, 5.41) is 6.32. The maximum absolute atomic E-state index is 12.8. The first kappa shape index (κ1) is 23.2. The molecule has 174 valence electrons. The second-order valence-corrected chi connectivity index (χ2v) is 8.17. The van der Waals surface area contributed by atoms with Crippen LogP contribution in [0.2, 0.25) is 0 Å². The Morgan fingerprint density at radius 1 is 0.818 bits per heavy atom. The number of nitrogens with zero attached hydrogens (tertiary/aromatic N) is 2. The number of aromatic nitrogens is 2. The van der Waals surface area contributed by atoms with Crippen molar-refractivity contribution in [2.24, 2.45) is 0 Å². The lowest BCUT2D eigenvalue weighted by Gasteiger charge is -2.11. The van der Waals surface area contributed by atoms with Gasteiger partial charge in [0.1, 0.15) is 4.60 Å². The van der Waals surface area contributed by atoms with Gasteiger partial charge in [0, 0.05) is 18.7 Å². The van der Waals surface area contributed by atoms with Crippen LogP contribution in [0.1, 0.15) is 18.4 Å². The third-order valence-electron chi connectivity index (χ3n) is 4.91. The van der Waals surface area contributed by atoms with Crippen molar-refractivity contribution in [1.29, 1.82) is 0 Å². The SMILES string of the molecule is Brc1ccc2c(n1)NCCCO2.FC(F)(F)c1cccc(-c2ccc3c(n2)NCCCO3)c1. The average Bonchev–Trinajstić information content (AvgIpc) is 3.18. The van der Waals surface area contributed by atoms with Gasteiger partial charge in [-0.25, -0.2) is 9.97 Å². The molecule has 0 saturated carbocycles. The van der Waals surface area contributed by atoms with Gasteiger partial charge in [0.2, 0.25) is 0 Å². The van der Waals surface area contributed by atoms with Gasteiger partial charge >= 0.3 is 6.18 Å². The maximum Gasteiger partial charge on any atom is 0.416 e. The smallest absolute Gasteiger partial charge is 0.416 e. The molecule has 0 amide bonds. The summed E-state index contributed by atoms with van der Waals surface area (Å²) in [5.74, 6) is 2.88. The van der Waals surface area contributed by atoms with Crippen molar-refractivity contribution in [3.63, 3.8) is 0 Å². The first-order chi connectivity index (χ1) is 15.9. The quantitative estimate of drug-likeness (QED) is 0.382. The minimum absolute atomic E-state index is 0.429.